The van der Waals surface area contributed by atoms with Gasteiger partial charge in [0.05, 0.1) is 17.2 Å². The third-order valence-electron chi connectivity index (χ3n) is 4.26. The summed E-state index contributed by atoms with van der Waals surface area (Å²) in [5, 5.41) is 2.26. The molecule has 2 atom stereocenters. The van der Waals surface area contributed by atoms with Gasteiger partial charge in [0.15, 0.2) is 10.9 Å². The van der Waals surface area contributed by atoms with Crippen molar-refractivity contribution in [1.82, 2.24) is 5.32 Å². The highest BCUT2D eigenvalue weighted by Crippen LogP contribution is 2.27. The molecule has 2 aromatic rings. The molecule has 142 valence electrons. The lowest BCUT2D eigenvalue weighted by molar-refractivity contribution is -0.160. The van der Waals surface area contributed by atoms with Crippen molar-refractivity contribution in [3.8, 4) is 0 Å². The number of fused-ring (bicyclic) bond motifs is 1. The number of carbonyl (C=O) groups is 4. The van der Waals surface area contributed by atoms with Gasteiger partial charge in [-0.05, 0) is 25.5 Å². The van der Waals surface area contributed by atoms with Crippen molar-refractivity contribution in [2.75, 3.05) is 6.54 Å². The SMILES string of the molecule is CC(=O)SC(CC(=O)OC(=O)[C@@H]1CCCN1)C(=O)c1coc2ccccc12. The van der Waals surface area contributed by atoms with E-state index in [4.69, 9.17) is 9.15 Å². The second-order valence-electron chi connectivity index (χ2n) is 6.25. The van der Waals surface area contributed by atoms with Crippen LogP contribution >= 0.6 is 11.8 Å². The second-order valence-corrected chi connectivity index (χ2v) is 7.63. The first-order chi connectivity index (χ1) is 13.0. The number of benzene rings is 1. The molecule has 1 N–H and O–H groups in total. The second kappa shape index (κ2) is 8.49. The number of ketones is 1. The van der Waals surface area contributed by atoms with Crippen molar-refractivity contribution in [3.63, 3.8) is 0 Å². The van der Waals surface area contributed by atoms with E-state index in [0.717, 1.165) is 18.2 Å². The van der Waals surface area contributed by atoms with Crippen LogP contribution in [0.25, 0.3) is 11.0 Å². The summed E-state index contributed by atoms with van der Waals surface area (Å²) in [6.07, 6.45) is 2.39. The molecule has 1 saturated heterocycles. The quantitative estimate of drug-likeness (QED) is 0.457. The lowest BCUT2D eigenvalue weighted by Gasteiger charge is -2.13. The van der Waals surface area contributed by atoms with Gasteiger partial charge in [0.1, 0.15) is 17.9 Å². The standard InChI is InChI=1S/C19H19NO6S/c1-11(21)27-16(9-17(22)26-19(24)14-6-4-8-20-14)18(23)13-10-25-15-7-3-2-5-12(13)15/h2-3,5,7,10,14,16,20H,4,6,8-9H2,1H3/t14-,16?/m0/s1. The summed E-state index contributed by atoms with van der Waals surface area (Å²) in [4.78, 5) is 48.6. The number of hydrogen-bond donors (Lipinski definition) is 1. The fraction of sp³-hybridized carbons (Fsp3) is 0.368. The van der Waals surface area contributed by atoms with Crippen LogP contribution in [0.1, 0.15) is 36.5 Å². The number of carbonyl (C=O) groups excluding carboxylic acids is 4. The van der Waals surface area contributed by atoms with E-state index < -0.39 is 29.0 Å². The maximum atomic E-state index is 12.9. The molecule has 3 rings (SSSR count). The topological polar surface area (TPSA) is 103 Å². The van der Waals surface area contributed by atoms with E-state index in [-0.39, 0.29) is 11.5 Å². The number of Topliss-reactive ketones (excluding diaryl/α,β-unsaturated/α-hetero) is 1. The van der Waals surface area contributed by atoms with Crippen molar-refractivity contribution >= 4 is 45.6 Å². The van der Waals surface area contributed by atoms with Gasteiger partial charge < -0.3 is 14.5 Å². The molecule has 7 nitrogen and oxygen atoms in total. The predicted octanol–water partition coefficient (Wildman–Crippen LogP) is 2.48. The van der Waals surface area contributed by atoms with Crippen LogP contribution in [-0.4, -0.2) is 40.7 Å². The van der Waals surface area contributed by atoms with Crippen molar-refractivity contribution in [2.45, 2.75) is 37.5 Å². The molecule has 0 radical (unpaired) electrons. The number of thioether (sulfide) groups is 1. The highest BCUT2D eigenvalue weighted by atomic mass is 32.2. The molecule has 27 heavy (non-hydrogen) atoms. The Balaban J connectivity index is 1.73. The Kier molecular flexibility index (Phi) is 6.08. The number of ether oxygens (including phenoxy) is 1. The van der Waals surface area contributed by atoms with Crippen molar-refractivity contribution in [1.29, 1.82) is 0 Å². The third kappa shape index (κ3) is 4.64. The molecule has 0 amide bonds. The van der Waals surface area contributed by atoms with Crippen LogP contribution in [0.4, 0.5) is 0 Å². The van der Waals surface area contributed by atoms with E-state index >= 15 is 0 Å². The summed E-state index contributed by atoms with van der Waals surface area (Å²) in [7, 11) is 0. The maximum absolute atomic E-state index is 12.9. The smallest absolute Gasteiger partial charge is 0.330 e. The van der Waals surface area contributed by atoms with E-state index in [1.54, 1.807) is 24.3 Å². The summed E-state index contributed by atoms with van der Waals surface area (Å²) in [5.74, 6) is -1.89. The third-order valence-corrected chi connectivity index (χ3v) is 5.26. The minimum Gasteiger partial charge on any atom is -0.464 e. The summed E-state index contributed by atoms with van der Waals surface area (Å²) < 4.78 is 10.2. The minimum atomic E-state index is -0.986. The average molecular weight is 389 g/mol. The molecule has 2 heterocycles. The first kappa shape index (κ1) is 19.3. The molecule has 0 saturated carbocycles. The number of hydrogen-bond acceptors (Lipinski definition) is 8. The van der Waals surface area contributed by atoms with Crippen molar-refractivity contribution in [3.05, 3.63) is 36.1 Å². The largest absolute Gasteiger partial charge is 0.464 e. The van der Waals surface area contributed by atoms with Gasteiger partial charge in [-0.2, -0.15) is 0 Å². The van der Waals surface area contributed by atoms with Gasteiger partial charge in [-0.25, -0.2) is 4.79 Å². The van der Waals surface area contributed by atoms with Gasteiger partial charge in [0, 0.05) is 12.3 Å². The predicted molar refractivity (Wildman–Crippen MR) is 99.3 cm³/mol. The fourth-order valence-electron chi connectivity index (χ4n) is 2.99. The molecular formula is C19H19NO6S. The van der Waals surface area contributed by atoms with E-state index in [2.05, 4.69) is 5.32 Å². The van der Waals surface area contributed by atoms with Crippen molar-refractivity contribution in [2.24, 2.45) is 0 Å². The summed E-state index contributed by atoms with van der Waals surface area (Å²) >= 11 is 0.744. The first-order valence-electron chi connectivity index (χ1n) is 8.61. The van der Waals surface area contributed by atoms with Crippen molar-refractivity contribution < 1.29 is 28.3 Å². The van der Waals surface area contributed by atoms with E-state index in [9.17, 15) is 19.2 Å². The molecule has 1 unspecified atom stereocenters. The van der Waals surface area contributed by atoms with E-state index in [1.165, 1.54) is 13.2 Å². The molecule has 1 aromatic heterocycles. The number of para-hydroxylation sites is 1. The highest BCUT2D eigenvalue weighted by Gasteiger charge is 2.31. The number of esters is 2. The molecule has 1 fully saturated rings. The van der Waals surface area contributed by atoms with Crippen LogP contribution in [0, 0.1) is 0 Å². The Morgan fingerprint density at radius 1 is 1.30 bits per heavy atom. The van der Waals surface area contributed by atoms with Gasteiger partial charge in [-0.15, -0.1) is 0 Å². The Morgan fingerprint density at radius 2 is 2.07 bits per heavy atom. The van der Waals surface area contributed by atoms with Gasteiger partial charge in [0.2, 0.25) is 0 Å². The minimum absolute atomic E-state index is 0.293. The van der Waals surface area contributed by atoms with E-state index in [0.29, 0.717) is 29.5 Å². The summed E-state index contributed by atoms with van der Waals surface area (Å²) in [6.45, 7) is 2.01. The Hall–Kier alpha value is -2.45. The van der Waals surface area contributed by atoms with Crippen LogP contribution in [0.2, 0.25) is 0 Å². The summed E-state index contributed by atoms with van der Waals surface area (Å²) in [5.41, 5.74) is 0.832. The Bertz CT molecular complexity index is 883. The monoisotopic (exact) mass is 389 g/mol. The Labute approximate surface area is 159 Å². The van der Waals surface area contributed by atoms with Gasteiger partial charge in [-0.3, -0.25) is 14.4 Å². The summed E-state index contributed by atoms with van der Waals surface area (Å²) in [6, 6.07) is 6.50. The molecule has 0 bridgehead atoms. The van der Waals surface area contributed by atoms with Gasteiger partial charge >= 0.3 is 11.9 Å². The molecule has 1 aromatic carbocycles. The number of rotatable bonds is 6. The number of furan rings is 1. The average Bonchev–Trinajstić information content (AvgIpc) is 3.30. The zero-order chi connectivity index (χ0) is 19.4. The Morgan fingerprint density at radius 3 is 2.78 bits per heavy atom. The molecular weight excluding hydrogens is 370 g/mol. The molecule has 0 aliphatic carbocycles. The molecule has 8 heteroatoms. The molecule has 0 spiro atoms. The van der Waals surface area contributed by atoms with Crippen LogP contribution in [0.15, 0.2) is 34.9 Å². The highest BCUT2D eigenvalue weighted by molar-refractivity contribution is 8.14. The zero-order valence-corrected chi connectivity index (χ0v) is 15.5. The van der Waals surface area contributed by atoms with Crippen LogP contribution in [0.3, 0.4) is 0 Å². The van der Waals surface area contributed by atoms with Crippen LogP contribution in [0.5, 0.6) is 0 Å². The molecule has 1 aliphatic rings. The zero-order valence-electron chi connectivity index (χ0n) is 14.7. The lowest BCUT2D eigenvalue weighted by atomic mass is 10.1. The normalized spacial score (nSPS) is 17.6. The fourth-order valence-corrected chi connectivity index (χ4v) is 3.85. The number of nitrogens with one attached hydrogen (secondary N) is 1. The van der Waals surface area contributed by atoms with Crippen LogP contribution < -0.4 is 5.32 Å². The first-order valence-corrected chi connectivity index (χ1v) is 9.49. The van der Waals surface area contributed by atoms with Crippen LogP contribution in [-0.2, 0) is 19.1 Å². The lowest BCUT2D eigenvalue weighted by Crippen LogP contribution is -2.35. The maximum Gasteiger partial charge on any atom is 0.330 e. The van der Waals surface area contributed by atoms with Gasteiger partial charge in [-0.1, -0.05) is 30.0 Å². The van der Waals surface area contributed by atoms with E-state index in [1.807, 2.05) is 0 Å². The van der Waals surface area contributed by atoms with Gasteiger partial charge in [0.25, 0.3) is 0 Å². The molecule has 1 aliphatic heterocycles.